The number of anilines is 1. The molecule has 3 rings (SSSR count). The summed E-state index contributed by atoms with van der Waals surface area (Å²) >= 11 is 0. The van der Waals surface area contributed by atoms with Gasteiger partial charge in [-0.05, 0) is 67.3 Å². The van der Waals surface area contributed by atoms with Gasteiger partial charge in [0.25, 0.3) is 5.69 Å². The fourth-order valence-corrected chi connectivity index (χ4v) is 3.53. The Hall–Kier alpha value is -3.80. The third-order valence-corrected chi connectivity index (χ3v) is 5.17. The molecule has 0 saturated heterocycles. The molecule has 0 aliphatic rings. The number of aryl methyl sites for hydroxylation is 2. The summed E-state index contributed by atoms with van der Waals surface area (Å²) in [4.78, 5) is 10.4. The number of methoxy groups -OCH3 is 1. The first-order valence-corrected chi connectivity index (χ1v) is 10.4. The second-order valence-electron chi connectivity index (χ2n) is 7.66. The van der Waals surface area contributed by atoms with E-state index in [0.29, 0.717) is 24.5 Å². The van der Waals surface area contributed by atoms with Gasteiger partial charge in [0.1, 0.15) is 6.61 Å². The number of nitro benzene ring substituents is 1. The lowest BCUT2D eigenvalue weighted by atomic mass is 10.0. The van der Waals surface area contributed by atoms with Gasteiger partial charge in [0.2, 0.25) is 0 Å². The molecule has 32 heavy (non-hydrogen) atoms. The van der Waals surface area contributed by atoms with E-state index in [4.69, 9.17) is 9.47 Å². The standard InChI is InChI=1S/C26H28N2O4/c1-5-6-22-14-21(16-27-24-12-7-18(2)13-19(24)3)15-25(31-4)26(22)32-17-20-8-10-23(11-9-20)28(29)30/h5,7-15,27H,1,6,16-17H2,2-4H3. The van der Waals surface area contributed by atoms with Crippen molar-refractivity contribution in [3.8, 4) is 11.5 Å². The van der Waals surface area contributed by atoms with Gasteiger partial charge in [0.05, 0.1) is 12.0 Å². The van der Waals surface area contributed by atoms with Crippen LogP contribution in [0.1, 0.15) is 27.8 Å². The van der Waals surface area contributed by atoms with Crippen LogP contribution in [0.4, 0.5) is 11.4 Å². The highest BCUT2D eigenvalue weighted by molar-refractivity contribution is 5.54. The van der Waals surface area contributed by atoms with Crippen molar-refractivity contribution in [1.82, 2.24) is 0 Å². The molecule has 0 saturated carbocycles. The summed E-state index contributed by atoms with van der Waals surface area (Å²) in [5.41, 5.74) is 6.46. The van der Waals surface area contributed by atoms with Crippen LogP contribution in [-0.4, -0.2) is 12.0 Å². The Kier molecular flexibility index (Phi) is 7.49. The molecule has 166 valence electrons. The maximum Gasteiger partial charge on any atom is 0.269 e. The SMILES string of the molecule is C=CCc1cc(CNc2ccc(C)cc2C)cc(OC)c1OCc1ccc([N+](=O)[O-])cc1. The minimum absolute atomic E-state index is 0.0549. The molecule has 0 atom stereocenters. The molecule has 0 spiro atoms. The predicted octanol–water partition coefficient (Wildman–Crippen LogP) is 6.14. The van der Waals surface area contributed by atoms with Crippen molar-refractivity contribution in [3.05, 3.63) is 105 Å². The highest BCUT2D eigenvalue weighted by atomic mass is 16.6. The smallest absolute Gasteiger partial charge is 0.269 e. The van der Waals surface area contributed by atoms with Gasteiger partial charge in [-0.1, -0.05) is 23.8 Å². The van der Waals surface area contributed by atoms with Crippen molar-refractivity contribution in [2.45, 2.75) is 33.4 Å². The molecule has 0 aliphatic carbocycles. The molecule has 0 unspecified atom stereocenters. The molecule has 0 radical (unpaired) electrons. The zero-order valence-electron chi connectivity index (χ0n) is 18.7. The van der Waals surface area contributed by atoms with E-state index >= 15 is 0 Å². The first-order valence-electron chi connectivity index (χ1n) is 10.4. The Morgan fingerprint density at radius 2 is 1.81 bits per heavy atom. The normalized spacial score (nSPS) is 10.5. The van der Waals surface area contributed by atoms with Gasteiger partial charge in [0.15, 0.2) is 11.5 Å². The second-order valence-corrected chi connectivity index (χ2v) is 7.66. The van der Waals surface area contributed by atoms with E-state index in [1.807, 2.05) is 12.1 Å². The molecule has 3 aromatic rings. The summed E-state index contributed by atoms with van der Waals surface area (Å²) in [6.07, 6.45) is 2.46. The summed E-state index contributed by atoms with van der Waals surface area (Å²) in [7, 11) is 1.62. The summed E-state index contributed by atoms with van der Waals surface area (Å²) in [6, 6.07) is 16.7. The van der Waals surface area contributed by atoms with Gasteiger partial charge >= 0.3 is 0 Å². The van der Waals surface area contributed by atoms with E-state index in [1.54, 1.807) is 19.2 Å². The number of nitro groups is 1. The fraction of sp³-hybridized carbons (Fsp3) is 0.231. The van der Waals surface area contributed by atoms with Crippen LogP contribution >= 0.6 is 0 Å². The zero-order valence-corrected chi connectivity index (χ0v) is 18.7. The van der Waals surface area contributed by atoms with E-state index in [1.165, 1.54) is 23.3 Å². The number of hydrogen-bond acceptors (Lipinski definition) is 5. The Balaban J connectivity index is 1.79. The molecule has 0 amide bonds. The minimum Gasteiger partial charge on any atom is -0.493 e. The molecule has 3 aromatic carbocycles. The molecule has 0 aromatic heterocycles. The van der Waals surface area contributed by atoms with E-state index in [2.05, 4.69) is 50.0 Å². The van der Waals surface area contributed by atoms with Crippen LogP contribution in [0.3, 0.4) is 0 Å². The van der Waals surface area contributed by atoms with E-state index in [9.17, 15) is 10.1 Å². The maximum atomic E-state index is 10.8. The number of non-ortho nitro benzene ring substituents is 1. The largest absolute Gasteiger partial charge is 0.493 e. The third kappa shape index (κ3) is 5.66. The molecule has 6 heteroatoms. The summed E-state index contributed by atoms with van der Waals surface area (Å²) in [5.74, 6) is 1.30. The average molecular weight is 433 g/mol. The number of rotatable bonds is 10. The highest BCUT2D eigenvalue weighted by Crippen LogP contribution is 2.35. The lowest BCUT2D eigenvalue weighted by Gasteiger charge is -2.17. The Bertz CT molecular complexity index is 1110. The van der Waals surface area contributed by atoms with Gasteiger partial charge in [0, 0.05) is 29.9 Å². The summed E-state index contributed by atoms with van der Waals surface area (Å²) in [5, 5.41) is 14.3. The lowest BCUT2D eigenvalue weighted by Crippen LogP contribution is -2.05. The van der Waals surface area contributed by atoms with E-state index in [-0.39, 0.29) is 12.3 Å². The number of nitrogens with zero attached hydrogens (tertiary/aromatic N) is 1. The monoisotopic (exact) mass is 432 g/mol. The summed E-state index contributed by atoms with van der Waals surface area (Å²) in [6.45, 7) is 8.96. The molecule has 6 nitrogen and oxygen atoms in total. The minimum atomic E-state index is -0.416. The molecule has 0 heterocycles. The highest BCUT2D eigenvalue weighted by Gasteiger charge is 2.14. The third-order valence-electron chi connectivity index (χ3n) is 5.17. The molecule has 0 aliphatic heterocycles. The van der Waals surface area contributed by atoms with Crippen molar-refractivity contribution in [3.63, 3.8) is 0 Å². The molecular weight excluding hydrogens is 404 g/mol. The number of ether oxygens (including phenoxy) is 2. The van der Waals surface area contributed by atoms with Gasteiger partial charge in [-0.15, -0.1) is 6.58 Å². The van der Waals surface area contributed by atoms with Crippen LogP contribution in [0, 0.1) is 24.0 Å². The van der Waals surface area contributed by atoms with Crippen LogP contribution in [0.5, 0.6) is 11.5 Å². The van der Waals surface area contributed by atoms with E-state index in [0.717, 1.165) is 22.4 Å². The number of nitrogens with one attached hydrogen (secondary N) is 1. The van der Waals surface area contributed by atoms with Crippen molar-refractivity contribution in [1.29, 1.82) is 0 Å². The Morgan fingerprint density at radius 3 is 2.44 bits per heavy atom. The predicted molar refractivity (Wildman–Crippen MR) is 128 cm³/mol. The van der Waals surface area contributed by atoms with Crippen LogP contribution in [-0.2, 0) is 19.6 Å². The first-order chi connectivity index (χ1) is 15.4. The second kappa shape index (κ2) is 10.5. The van der Waals surface area contributed by atoms with Gasteiger partial charge in [-0.2, -0.15) is 0 Å². The van der Waals surface area contributed by atoms with E-state index < -0.39 is 4.92 Å². The van der Waals surface area contributed by atoms with Crippen molar-refractivity contribution < 1.29 is 14.4 Å². The maximum absolute atomic E-state index is 10.8. The number of allylic oxidation sites excluding steroid dienone is 1. The van der Waals surface area contributed by atoms with Crippen molar-refractivity contribution in [2.75, 3.05) is 12.4 Å². The van der Waals surface area contributed by atoms with Crippen LogP contribution in [0.2, 0.25) is 0 Å². The van der Waals surface area contributed by atoms with Crippen LogP contribution in [0.25, 0.3) is 0 Å². The van der Waals surface area contributed by atoms with Crippen molar-refractivity contribution in [2.24, 2.45) is 0 Å². The number of benzene rings is 3. The molecule has 1 N–H and O–H groups in total. The quantitative estimate of drug-likeness (QED) is 0.237. The summed E-state index contributed by atoms with van der Waals surface area (Å²) < 4.78 is 11.7. The number of hydrogen-bond donors (Lipinski definition) is 1. The van der Waals surface area contributed by atoms with Crippen molar-refractivity contribution >= 4 is 11.4 Å². The Morgan fingerprint density at radius 1 is 1.06 bits per heavy atom. The topological polar surface area (TPSA) is 73.6 Å². The van der Waals surface area contributed by atoms with Gasteiger partial charge in [-0.25, -0.2) is 0 Å². The van der Waals surface area contributed by atoms with Crippen LogP contribution in [0.15, 0.2) is 67.3 Å². The zero-order chi connectivity index (χ0) is 23.1. The molecule has 0 bridgehead atoms. The lowest BCUT2D eigenvalue weighted by molar-refractivity contribution is -0.384. The fourth-order valence-electron chi connectivity index (χ4n) is 3.53. The molecular formula is C26H28N2O4. The first kappa shape index (κ1) is 22.9. The average Bonchev–Trinajstić information content (AvgIpc) is 2.78. The van der Waals surface area contributed by atoms with Gasteiger partial charge in [-0.3, -0.25) is 10.1 Å². The van der Waals surface area contributed by atoms with Gasteiger partial charge < -0.3 is 14.8 Å². The molecule has 0 fully saturated rings. The van der Waals surface area contributed by atoms with Crippen LogP contribution < -0.4 is 14.8 Å². The Labute approximate surface area is 188 Å².